The van der Waals surface area contributed by atoms with E-state index in [9.17, 15) is 19.7 Å². The Balaban J connectivity index is 2.00. The summed E-state index contributed by atoms with van der Waals surface area (Å²) in [5, 5.41) is 13.5. The van der Waals surface area contributed by atoms with Crippen LogP contribution in [0.2, 0.25) is 5.15 Å². The molecule has 8 nitrogen and oxygen atoms in total. The van der Waals surface area contributed by atoms with Gasteiger partial charge in [0, 0.05) is 27.3 Å². The van der Waals surface area contributed by atoms with E-state index in [0.717, 1.165) is 0 Å². The highest BCUT2D eigenvalue weighted by molar-refractivity contribution is 9.11. The molecule has 2 aromatic rings. The Kier molecular flexibility index (Phi) is 6.45. The molecule has 0 fully saturated rings. The molecular formula is C14H8Br2ClN3O5. The fraction of sp³-hybridized carbons (Fsp3) is 0.0714. The maximum atomic E-state index is 11.9. The van der Waals surface area contributed by atoms with Crippen molar-refractivity contribution in [1.82, 2.24) is 4.98 Å². The van der Waals surface area contributed by atoms with E-state index in [4.69, 9.17) is 16.3 Å². The number of carbonyl (C=O) groups excluding carboxylic acids is 2. The number of nitro groups is 1. The fourth-order valence-corrected chi connectivity index (χ4v) is 3.14. The number of benzene rings is 1. The van der Waals surface area contributed by atoms with Crippen LogP contribution < -0.4 is 5.32 Å². The molecule has 25 heavy (non-hydrogen) atoms. The molecule has 0 atom stereocenters. The molecule has 1 aromatic heterocycles. The van der Waals surface area contributed by atoms with Gasteiger partial charge in [-0.1, -0.05) is 11.6 Å². The quantitative estimate of drug-likeness (QED) is 0.292. The minimum absolute atomic E-state index is 0.148. The molecule has 0 radical (unpaired) electrons. The second-order valence-electron chi connectivity index (χ2n) is 4.54. The molecule has 1 heterocycles. The van der Waals surface area contributed by atoms with Crippen LogP contribution in [0.1, 0.15) is 10.4 Å². The van der Waals surface area contributed by atoms with E-state index in [2.05, 4.69) is 42.2 Å². The van der Waals surface area contributed by atoms with Crippen LogP contribution in [0.25, 0.3) is 0 Å². The van der Waals surface area contributed by atoms with Crippen molar-refractivity contribution in [3.63, 3.8) is 0 Å². The normalized spacial score (nSPS) is 10.2. The number of pyridine rings is 1. The van der Waals surface area contributed by atoms with Gasteiger partial charge in [0.25, 0.3) is 11.6 Å². The standard InChI is InChI=1S/C14H8Br2ClN3O5/c15-9-3-8(20(23)24)4-10(16)13(9)19-12(21)6-25-14(22)7-1-2-11(17)18-5-7/h1-5H,6H2,(H,19,21). The smallest absolute Gasteiger partial charge is 0.340 e. The van der Waals surface area contributed by atoms with Gasteiger partial charge in [0.05, 0.1) is 16.2 Å². The molecule has 1 amide bonds. The maximum Gasteiger partial charge on any atom is 0.340 e. The summed E-state index contributed by atoms with van der Waals surface area (Å²) in [5.41, 5.74) is 0.271. The minimum Gasteiger partial charge on any atom is -0.452 e. The summed E-state index contributed by atoms with van der Waals surface area (Å²) in [7, 11) is 0. The van der Waals surface area contributed by atoms with Crippen molar-refractivity contribution < 1.29 is 19.2 Å². The summed E-state index contributed by atoms with van der Waals surface area (Å²) < 4.78 is 5.47. The molecule has 0 aliphatic heterocycles. The van der Waals surface area contributed by atoms with Crippen molar-refractivity contribution in [1.29, 1.82) is 0 Å². The Morgan fingerprint density at radius 1 is 1.28 bits per heavy atom. The number of ether oxygens (including phenoxy) is 1. The first-order valence-corrected chi connectivity index (χ1v) is 8.46. The lowest BCUT2D eigenvalue weighted by molar-refractivity contribution is -0.385. The molecule has 0 bridgehead atoms. The predicted molar refractivity (Wildman–Crippen MR) is 96.7 cm³/mol. The Morgan fingerprint density at radius 2 is 1.92 bits per heavy atom. The second kappa shape index (κ2) is 8.37. The van der Waals surface area contributed by atoms with Crippen LogP contribution in [0.5, 0.6) is 0 Å². The molecule has 0 saturated heterocycles. The Labute approximate surface area is 162 Å². The summed E-state index contributed by atoms with van der Waals surface area (Å²) in [6, 6.07) is 5.32. The highest BCUT2D eigenvalue weighted by Crippen LogP contribution is 2.35. The first-order valence-electron chi connectivity index (χ1n) is 6.50. The summed E-state index contributed by atoms with van der Waals surface area (Å²) in [6.45, 7) is -0.544. The number of non-ortho nitro benzene ring substituents is 1. The molecule has 0 aliphatic rings. The number of nitrogens with zero attached hydrogens (tertiary/aromatic N) is 2. The van der Waals surface area contributed by atoms with Crippen molar-refractivity contribution in [3.05, 3.63) is 60.2 Å². The number of rotatable bonds is 5. The molecule has 0 aliphatic carbocycles. The maximum absolute atomic E-state index is 11.9. The zero-order valence-electron chi connectivity index (χ0n) is 12.2. The first kappa shape index (κ1) is 19.3. The van der Waals surface area contributed by atoms with Crippen molar-refractivity contribution in [2.75, 3.05) is 11.9 Å². The third-order valence-electron chi connectivity index (χ3n) is 2.80. The topological polar surface area (TPSA) is 111 Å². The number of hydrogen-bond donors (Lipinski definition) is 1. The number of aromatic nitrogens is 1. The number of anilines is 1. The van der Waals surface area contributed by atoms with Crippen LogP contribution in [0, 0.1) is 10.1 Å². The zero-order chi connectivity index (χ0) is 18.6. The molecule has 2 rings (SSSR count). The van der Waals surface area contributed by atoms with Crippen LogP contribution >= 0.6 is 43.5 Å². The van der Waals surface area contributed by atoms with Gasteiger partial charge in [0.15, 0.2) is 6.61 Å². The monoisotopic (exact) mass is 491 g/mol. The zero-order valence-corrected chi connectivity index (χ0v) is 16.1. The van der Waals surface area contributed by atoms with E-state index >= 15 is 0 Å². The third-order valence-corrected chi connectivity index (χ3v) is 4.27. The van der Waals surface area contributed by atoms with Gasteiger partial charge in [-0.25, -0.2) is 9.78 Å². The van der Waals surface area contributed by atoms with Gasteiger partial charge in [-0.3, -0.25) is 14.9 Å². The van der Waals surface area contributed by atoms with E-state index in [1.165, 1.54) is 30.5 Å². The van der Waals surface area contributed by atoms with Crippen LogP contribution in [0.4, 0.5) is 11.4 Å². The fourth-order valence-electron chi connectivity index (χ4n) is 1.67. The Bertz CT molecular complexity index is 822. The lowest BCUT2D eigenvalue weighted by Crippen LogP contribution is -2.21. The highest BCUT2D eigenvalue weighted by Gasteiger charge is 2.17. The van der Waals surface area contributed by atoms with Gasteiger partial charge in [0.1, 0.15) is 5.15 Å². The number of esters is 1. The van der Waals surface area contributed by atoms with Gasteiger partial charge in [0.2, 0.25) is 0 Å². The van der Waals surface area contributed by atoms with Gasteiger partial charge in [-0.05, 0) is 44.0 Å². The van der Waals surface area contributed by atoms with E-state index in [1.54, 1.807) is 0 Å². The number of hydrogen-bond acceptors (Lipinski definition) is 6. The van der Waals surface area contributed by atoms with Crippen LogP contribution in [0.3, 0.4) is 0 Å². The van der Waals surface area contributed by atoms with Crippen molar-refractivity contribution in [2.24, 2.45) is 0 Å². The summed E-state index contributed by atoms with van der Waals surface area (Å²) in [6.07, 6.45) is 1.23. The summed E-state index contributed by atoms with van der Waals surface area (Å²) in [4.78, 5) is 37.7. The van der Waals surface area contributed by atoms with E-state index in [-0.39, 0.29) is 22.1 Å². The van der Waals surface area contributed by atoms with Gasteiger partial charge < -0.3 is 10.1 Å². The summed E-state index contributed by atoms with van der Waals surface area (Å²) >= 11 is 11.9. The van der Waals surface area contributed by atoms with Crippen LogP contribution in [-0.2, 0) is 9.53 Å². The molecule has 130 valence electrons. The lowest BCUT2D eigenvalue weighted by Gasteiger charge is -2.10. The SMILES string of the molecule is O=C(COC(=O)c1ccc(Cl)nc1)Nc1c(Br)cc([N+](=O)[O-])cc1Br. The van der Waals surface area contributed by atoms with Crippen molar-refractivity contribution in [2.45, 2.75) is 0 Å². The van der Waals surface area contributed by atoms with E-state index in [0.29, 0.717) is 8.95 Å². The number of amides is 1. The van der Waals surface area contributed by atoms with Crippen LogP contribution in [-0.4, -0.2) is 28.4 Å². The predicted octanol–water partition coefficient (Wildman–Crippen LogP) is 3.96. The highest BCUT2D eigenvalue weighted by atomic mass is 79.9. The average molecular weight is 493 g/mol. The average Bonchev–Trinajstić information content (AvgIpc) is 2.56. The van der Waals surface area contributed by atoms with Gasteiger partial charge in [-0.15, -0.1) is 0 Å². The van der Waals surface area contributed by atoms with Gasteiger partial charge in [-0.2, -0.15) is 0 Å². The number of nitro benzene ring substituents is 1. The summed E-state index contributed by atoms with van der Waals surface area (Å²) in [5.74, 6) is -1.35. The molecule has 11 heteroatoms. The minimum atomic E-state index is -0.735. The number of nitrogens with one attached hydrogen (secondary N) is 1. The largest absolute Gasteiger partial charge is 0.452 e. The van der Waals surface area contributed by atoms with Gasteiger partial charge >= 0.3 is 5.97 Å². The number of halogens is 3. The van der Waals surface area contributed by atoms with E-state index < -0.39 is 23.4 Å². The Morgan fingerprint density at radius 3 is 2.44 bits per heavy atom. The molecule has 1 N–H and O–H groups in total. The third kappa shape index (κ3) is 5.21. The van der Waals surface area contributed by atoms with E-state index in [1.807, 2.05) is 0 Å². The second-order valence-corrected chi connectivity index (χ2v) is 6.63. The molecule has 0 spiro atoms. The van der Waals surface area contributed by atoms with Crippen LogP contribution in [0.15, 0.2) is 39.4 Å². The molecule has 0 unspecified atom stereocenters. The molecular weight excluding hydrogens is 485 g/mol. The van der Waals surface area contributed by atoms with Crippen molar-refractivity contribution >= 4 is 66.7 Å². The van der Waals surface area contributed by atoms with Crippen molar-refractivity contribution in [3.8, 4) is 0 Å². The number of carbonyl (C=O) groups is 2. The lowest BCUT2D eigenvalue weighted by atomic mass is 10.3. The molecule has 1 aromatic carbocycles. The molecule has 0 saturated carbocycles. The Hall–Kier alpha value is -2.04. The first-order chi connectivity index (χ1) is 11.8.